The average molecular weight is 1070 g/mol. The molecule has 0 amide bonds. The lowest BCUT2D eigenvalue weighted by Gasteiger charge is -2.18. The third-order valence-corrected chi connectivity index (χ3v) is 13.2. The number of esters is 3. The molecule has 0 aliphatic heterocycles. The Morgan fingerprint density at radius 1 is 0.273 bits per heavy atom. The fourth-order valence-corrected chi connectivity index (χ4v) is 8.48. The fraction of sp³-hybridized carbons (Fsp3) is 0.648. The zero-order valence-electron chi connectivity index (χ0n) is 49.9. The first-order valence-corrected chi connectivity index (χ1v) is 31.7. The molecule has 6 nitrogen and oxygen atoms in total. The average Bonchev–Trinajstić information content (AvgIpc) is 3.43. The summed E-state index contributed by atoms with van der Waals surface area (Å²) in [4.78, 5) is 38.2. The summed E-state index contributed by atoms with van der Waals surface area (Å²) in [7, 11) is 0. The van der Waals surface area contributed by atoms with Crippen LogP contribution in [0.2, 0.25) is 0 Å². The molecule has 436 valence electrons. The zero-order valence-corrected chi connectivity index (χ0v) is 49.9. The maximum Gasteiger partial charge on any atom is 0.306 e. The van der Waals surface area contributed by atoms with Crippen LogP contribution in [-0.4, -0.2) is 37.2 Å². The van der Waals surface area contributed by atoms with E-state index in [0.29, 0.717) is 19.3 Å². The second kappa shape index (κ2) is 64.1. The largest absolute Gasteiger partial charge is 0.462 e. The van der Waals surface area contributed by atoms with Crippen molar-refractivity contribution in [3.8, 4) is 0 Å². The Balaban J connectivity index is 4.28. The second-order valence-corrected chi connectivity index (χ2v) is 20.6. The van der Waals surface area contributed by atoms with E-state index in [1.165, 1.54) is 116 Å². The molecule has 1 unspecified atom stereocenters. The van der Waals surface area contributed by atoms with Crippen LogP contribution in [0.5, 0.6) is 0 Å². The van der Waals surface area contributed by atoms with E-state index in [0.717, 1.165) is 116 Å². The predicted octanol–water partition coefficient (Wildman–Crippen LogP) is 21.8. The number of allylic oxidation sites excluding steroid dienone is 22. The minimum atomic E-state index is -0.810. The standard InChI is InChI=1S/C71H116O6/c1-4-7-10-13-16-19-22-24-26-28-29-30-31-32-33-34-35-36-37-38-39-40-41-43-44-46-49-52-55-58-61-64-70(73)76-67-68(66-75-69(72)63-60-57-54-51-48-21-18-15-12-9-6-3)77-71(74)65-62-59-56-53-50-47-45-42-27-25-23-20-17-14-11-8-5-2/h7-8,10-11,16-17,19-20,24-27,29-30,32-33,35-36,45,47,53,56,68H,4-6,9,12-15,18,21-23,28,31,34,37-44,46,48-52,54-55,57-67H2,1-3H3/b10-7-,11-8-,19-16-,20-17-,26-24-,27-25-,30-29-,33-32-,36-35-,47-45-,56-53-. The summed E-state index contributed by atoms with van der Waals surface area (Å²) in [6, 6.07) is 0. The van der Waals surface area contributed by atoms with Crippen molar-refractivity contribution in [2.45, 2.75) is 284 Å². The number of hydrogen-bond acceptors (Lipinski definition) is 6. The maximum absolute atomic E-state index is 12.8. The minimum absolute atomic E-state index is 0.101. The molecule has 0 radical (unpaired) electrons. The van der Waals surface area contributed by atoms with Gasteiger partial charge in [0.15, 0.2) is 6.10 Å². The van der Waals surface area contributed by atoms with Crippen LogP contribution in [0.25, 0.3) is 0 Å². The van der Waals surface area contributed by atoms with Crippen LogP contribution in [0, 0.1) is 0 Å². The predicted molar refractivity (Wildman–Crippen MR) is 334 cm³/mol. The normalized spacial score (nSPS) is 13.0. The summed E-state index contributed by atoms with van der Waals surface area (Å²) < 4.78 is 16.8. The lowest BCUT2D eigenvalue weighted by atomic mass is 10.0. The lowest BCUT2D eigenvalue weighted by molar-refractivity contribution is -0.167. The van der Waals surface area contributed by atoms with Crippen LogP contribution in [-0.2, 0) is 28.6 Å². The summed E-state index contributed by atoms with van der Waals surface area (Å²) in [6.07, 6.45) is 90.4. The van der Waals surface area contributed by atoms with Gasteiger partial charge in [0.1, 0.15) is 13.2 Å². The number of unbranched alkanes of at least 4 members (excludes halogenated alkanes) is 23. The van der Waals surface area contributed by atoms with E-state index in [1.54, 1.807) is 0 Å². The topological polar surface area (TPSA) is 78.9 Å². The summed E-state index contributed by atoms with van der Waals surface area (Å²) in [5.41, 5.74) is 0. The molecule has 0 saturated heterocycles. The van der Waals surface area contributed by atoms with Gasteiger partial charge in [-0.1, -0.05) is 283 Å². The lowest BCUT2D eigenvalue weighted by Crippen LogP contribution is -2.30. The van der Waals surface area contributed by atoms with Gasteiger partial charge in [-0.15, -0.1) is 0 Å². The van der Waals surface area contributed by atoms with E-state index in [1.807, 2.05) is 0 Å². The summed E-state index contributed by atoms with van der Waals surface area (Å²) in [6.45, 7) is 6.36. The molecule has 0 heterocycles. The van der Waals surface area contributed by atoms with Gasteiger partial charge in [-0.3, -0.25) is 14.4 Å². The first-order valence-electron chi connectivity index (χ1n) is 31.7. The Hall–Kier alpha value is -4.45. The molecule has 0 rings (SSSR count). The third-order valence-electron chi connectivity index (χ3n) is 13.2. The van der Waals surface area contributed by atoms with Gasteiger partial charge >= 0.3 is 17.9 Å². The molecule has 0 aromatic heterocycles. The molecule has 0 aliphatic carbocycles. The number of ether oxygens (including phenoxy) is 3. The van der Waals surface area contributed by atoms with Gasteiger partial charge in [0.2, 0.25) is 0 Å². The molecule has 6 heteroatoms. The highest BCUT2D eigenvalue weighted by Crippen LogP contribution is 2.15. The van der Waals surface area contributed by atoms with E-state index >= 15 is 0 Å². The van der Waals surface area contributed by atoms with Crippen molar-refractivity contribution in [3.63, 3.8) is 0 Å². The molecule has 1 atom stereocenters. The molecular formula is C71H116O6. The van der Waals surface area contributed by atoms with Crippen molar-refractivity contribution >= 4 is 17.9 Å². The molecular weight excluding hydrogens is 949 g/mol. The highest BCUT2D eigenvalue weighted by atomic mass is 16.6. The number of carbonyl (C=O) groups is 3. The summed E-state index contributed by atoms with van der Waals surface area (Å²) in [5, 5.41) is 0. The molecule has 0 aromatic rings. The number of hydrogen-bond donors (Lipinski definition) is 0. The Kier molecular flexibility index (Phi) is 60.4. The summed E-state index contributed by atoms with van der Waals surface area (Å²) >= 11 is 0. The van der Waals surface area contributed by atoms with Gasteiger partial charge in [-0.05, 0) is 109 Å². The zero-order chi connectivity index (χ0) is 55.7. The van der Waals surface area contributed by atoms with Crippen LogP contribution >= 0.6 is 0 Å². The van der Waals surface area contributed by atoms with Gasteiger partial charge in [-0.2, -0.15) is 0 Å². The molecule has 77 heavy (non-hydrogen) atoms. The maximum atomic E-state index is 12.8. The minimum Gasteiger partial charge on any atom is -0.462 e. The van der Waals surface area contributed by atoms with Gasteiger partial charge < -0.3 is 14.2 Å². The smallest absolute Gasteiger partial charge is 0.306 e. The van der Waals surface area contributed by atoms with Gasteiger partial charge in [0.05, 0.1) is 0 Å². The fourth-order valence-electron chi connectivity index (χ4n) is 8.48. The van der Waals surface area contributed by atoms with E-state index in [4.69, 9.17) is 14.2 Å². The van der Waals surface area contributed by atoms with E-state index in [2.05, 4.69) is 154 Å². The van der Waals surface area contributed by atoms with Crippen LogP contribution in [0.3, 0.4) is 0 Å². The van der Waals surface area contributed by atoms with Gasteiger partial charge in [0.25, 0.3) is 0 Å². The molecule has 0 bridgehead atoms. The van der Waals surface area contributed by atoms with Gasteiger partial charge in [-0.25, -0.2) is 0 Å². The Morgan fingerprint density at radius 3 is 0.831 bits per heavy atom. The van der Waals surface area contributed by atoms with Crippen molar-refractivity contribution < 1.29 is 28.6 Å². The Labute approximate surface area is 475 Å². The quantitative estimate of drug-likeness (QED) is 0.0261. The van der Waals surface area contributed by atoms with Crippen molar-refractivity contribution in [3.05, 3.63) is 134 Å². The van der Waals surface area contributed by atoms with Gasteiger partial charge in [0, 0.05) is 19.3 Å². The number of carbonyl (C=O) groups excluding carboxylic acids is 3. The van der Waals surface area contributed by atoms with Crippen LogP contribution in [0.4, 0.5) is 0 Å². The first-order chi connectivity index (χ1) is 38.0. The SMILES string of the molecule is CC/C=C\C/C=C\C/C=C\C/C=C\C/C=C\C/C=C\CCCCCCCCCCCCCCC(=O)OCC(COC(=O)CCCCCCCCCCCCC)OC(=O)CCC/C=C\C/C=C\C/C=C\C/C=C\C/C=C\CC. The Bertz CT molecular complexity index is 1650. The molecule has 0 spiro atoms. The Morgan fingerprint density at radius 2 is 0.519 bits per heavy atom. The molecule has 0 saturated carbocycles. The summed E-state index contributed by atoms with van der Waals surface area (Å²) in [5.74, 6) is -0.961. The molecule has 0 aliphatic rings. The highest BCUT2D eigenvalue weighted by molar-refractivity contribution is 5.71. The van der Waals surface area contributed by atoms with Crippen molar-refractivity contribution in [2.24, 2.45) is 0 Å². The molecule has 0 fully saturated rings. The molecule has 0 aromatic carbocycles. The van der Waals surface area contributed by atoms with Crippen molar-refractivity contribution in [1.82, 2.24) is 0 Å². The van der Waals surface area contributed by atoms with Crippen molar-refractivity contribution in [2.75, 3.05) is 13.2 Å². The van der Waals surface area contributed by atoms with E-state index in [-0.39, 0.29) is 37.5 Å². The van der Waals surface area contributed by atoms with E-state index < -0.39 is 6.10 Å². The van der Waals surface area contributed by atoms with Crippen LogP contribution in [0.15, 0.2) is 134 Å². The number of rotatable bonds is 56. The highest BCUT2D eigenvalue weighted by Gasteiger charge is 2.19. The van der Waals surface area contributed by atoms with Crippen molar-refractivity contribution in [1.29, 1.82) is 0 Å². The van der Waals surface area contributed by atoms with E-state index in [9.17, 15) is 14.4 Å². The second-order valence-electron chi connectivity index (χ2n) is 20.6. The first kappa shape index (κ1) is 72.5. The molecule has 0 N–H and O–H groups in total. The third kappa shape index (κ3) is 62.3. The van der Waals surface area contributed by atoms with Crippen LogP contribution in [0.1, 0.15) is 278 Å². The monoisotopic (exact) mass is 1060 g/mol. The van der Waals surface area contributed by atoms with Crippen LogP contribution < -0.4 is 0 Å².